The van der Waals surface area contributed by atoms with Crippen LogP contribution in [0, 0.1) is 5.41 Å². The molecule has 0 aromatic carbocycles. The zero-order chi connectivity index (χ0) is 16.2. The molecule has 4 atom stereocenters. The van der Waals surface area contributed by atoms with E-state index in [1.165, 1.54) is 6.33 Å². The van der Waals surface area contributed by atoms with Gasteiger partial charge in [-0.2, -0.15) is 0 Å². The van der Waals surface area contributed by atoms with E-state index < -0.39 is 29.8 Å². The maximum absolute atomic E-state index is 10.6. The van der Waals surface area contributed by atoms with Crippen LogP contribution in [0.4, 0.5) is 5.82 Å². The Bertz CT molecular complexity index is 728. The SMILES string of the molecule is Nc1ncnc2c1ncn2[C@H]1[C@H](O)[C@H](O)[C@@H](O)C12CCNCC2. The number of nitrogens with zero attached hydrogens (tertiary/aromatic N) is 4. The molecule has 9 nitrogen and oxygen atoms in total. The van der Waals surface area contributed by atoms with Gasteiger partial charge in [0.25, 0.3) is 0 Å². The standard InChI is InChI=1S/C14H20N6O3/c15-12-7-13(18-5-17-12)20(6-19-7)10-8(21)9(22)11(23)14(10)1-3-16-4-2-14/h5-6,8-11,16,21-23H,1-4H2,(H2,15,17,18)/t8-,9+,10+,11-/m1/s1. The molecule has 1 aliphatic heterocycles. The molecule has 2 aromatic rings. The Morgan fingerprint density at radius 1 is 1.13 bits per heavy atom. The summed E-state index contributed by atoms with van der Waals surface area (Å²) in [6.45, 7) is 1.44. The van der Waals surface area contributed by atoms with Crippen LogP contribution in [0.1, 0.15) is 18.9 Å². The molecule has 1 saturated heterocycles. The lowest BCUT2D eigenvalue weighted by molar-refractivity contribution is -0.0524. The molecule has 2 fully saturated rings. The van der Waals surface area contributed by atoms with Gasteiger partial charge in [0.1, 0.15) is 24.1 Å². The molecule has 1 spiro atoms. The molecule has 124 valence electrons. The molecule has 2 aliphatic rings. The van der Waals surface area contributed by atoms with Crippen LogP contribution in [0.2, 0.25) is 0 Å². The van der Waals surface area contributed by atoms with Crippen LogP contribution in [0.15, 0.2) is 12.7 Å². The number of nitrogens with one attached hydrogen (secondary N) is 1. The fourth-order valence-corrected chi connectivity index (χ4v) is 4.23. The number of anilines is 1. The van der Waals surface area contributed by atoms with Crippen molar-refractivity contribution in [1.82, 2.24) is 24.8 Å². The van der Waals surface area contributed by atoms with Gasteiger partial charge in [0.05, 0.1) is 18.5 Å². The van der Waals surface area contributed by atoms with Crippen molar-refractivity contribution in [2.45, 2.75) is 37.2 Å². The monoisotopic (exact) mass is 320 g/mol. The molecule has 0 bridgehead atoms. The molecule has 9 heteroatoms. The Morgan fingerprint density at radius 3 is 2.61 bits per heavy atom. The van der Waals surface area contributed by atoms with Crippen LogP contribution < -0.4 is 11.1 Å². The molecule has 23 heavy (non-hydrogen) atoms. The molecule has 1 saturated carbocycles. The van der Waals surface area contributed by atoms with E-state index in [-0.39, 0.29) is 5.82 Å². The van der Waals surface area contributed by atoms with Crippen molar-refractivity contribution < 1.29 is 15.3 Å². The summed E-state index contributed by atoms with van der Waals surface area (Å²) in [6, 6.07) is -0.520. The first-order valence-electron chi connectivity index (χ1n) is 7.74. The minimum atomic E-state index is -1.20. The van der Waals surface area contributed by atoms with Gasteiger partial charge in [0.15, 0.2) is 11.5 Å². The van der Waals surface area contributed by atoms with Gasteiger partial charge in [-0.25, -0.2) is 15.0 Å². The first kappa shape index (κ1) is 14.8. The number of aliphatic hydroxyl groups is 3. The second-order valence-electron chi connectivity index (χ2n) is 6.44. The van der Waals surface area contributed by atoms with Crippen LogP contribution >= 0.6 is 0 Å². The third-order valence-electron chi connectivity index (χ3n) is 5.40. The predicted molar refractivity (Wildman–Crippen MR) is 81.3 cm³/mol. The number of hydrogen-bond acceptors (Lipinski definition) is 8. The van der Waals surface area contributed by atoms with Gasteiger partial charge in [-0.1, -0.05) is 0 Å². The van der Waals surface area contributed by atoms with Crippen LogP contribution in [0.3, 0.4) is 0 Å². The Kier molecular flexibility index (Phi) is 3.27. The van der Waals surface area contributed by atoms with E-state index in [9.17, 15) is 15.3 Å². The summed E-state index contributed by atoms with van der Waals surface area (Å²) in [7, 11) is 0. The highest BCUT2D eigenvalue weighted by atomic mass is 16.4. The zero-order valence-electron chi connectivity index (χ0n) is 12.5. The molecule has 0 unspecified atom stereocenters. The van der Waals surface area contributed by atoms with Crippen molar-refractivity contribution in [3.8, 4) is 0 Å². The van der Waals surface area contributed by atoms with Crippen LogP contribution in [0.5, 0.6) is 0 Å². The molecular weight excluding hydrogens is 300 g/mol. The third-order valence-corrected chi connectivity index (χ3v) is 5.40. The number of piperidine rings is 1. The fourth-order valence-electron chi connectivity index (χ4n) is 4.23. The molecule has 2 aromatic heterocycles. The summed E-state index contributed by atoms with van der Waals surface area (Å²) < 4.78 is 1.72. The maximum atomic E-state index is 10.6. The number of rotatable bonds is 1. The summed E-state index contributed by atoms with van der Waals surface area (Å²) in [5.41, 5.74) is 6.16. The number of hydrogen-bond donors (Lipinski definition) is 5. The Hall–Kier alpha value is -1.81. The summed E-state index contributed by atoms with van der Waals surface area (Å²) in [6.07, 6.45) is 0.894. The third kappa shape index (κ3) is 1.91. The molecule has 1 aliphatic carbocycles. The molecule has 3 heterocycles. The lowest BCUT2D eigenvalue weighted by Crippen LogP contribution is -2.47. The number of nitrogens with two attached hydrogens (primary N) is 1. The van der Waals surface area contributed by atoms with Crippen LogP contribution in [-0.4, -0.2) is 66.2 Å². The van der Waals surface area contributed by atoms with Gasteiger partial charge in [-0.15, -0.1) is 0 Å². The quantitative estimate of drug-likeness (QED) is 0.423. The minimum Gasteiger partial charge on any atom is -0.390 e. The average molecular weight is 320 g/mol. The van der Waals surface area contributed by atoms with Crippen molar-refractivity contribution in [1.29, 1.82) is 0 Å². The Labute approximate surface area is 132 Å². The van der Waals surface area contributed by atoms with Gasteiger partial charge < -0.3 is 30.9 Å². The van der Waals surface area contributed by atoms with Crippen molar-refractivity contribution >= 4 is 17.0 Å². The van der Waals surface area contributed by atoms with Crippen LogP contribution in [0.25, 0.3) is 11.2 Å². The molecule has 0 radical (unpaired) electrons. The number of nitrogen functional groups attached to an aromatic ring is 1. The van der Waals surface area contributed by atoms with E-state index in [4.69, 9.17) is 5.73 Å². The number of fused-ring (bicyclic) bond motifs is 1. The fraction of sp³-hybridized carbons (Fsp3) is 0.643. The zero-order valence-corrected chi connectivity index (χ0v) is 12.5. The number of imidazole rings is 1. The second-order valence-corrected chi connectivity index (χ2v) is 6.44. The van der Waals surface area contributed by atoms with E-state index in [0.29, 0.717) is 24.0 Å². The lowest BCUT2D eigenvalue weighted by Gasteiger charge is -2.42. The van der Waals surface area contributed by atoms with Gasteiger partial charge >= 0.3 is 0 Å². The van der Waals surface area contributed by atoms with E-state index in [1.807, 2.05) is 0 Å². The van der Waals surface area contributed by atoms with Crippen LogP contribution in [-0.2, 0) is 0 Å². The molecular formula is C14H20N6O3. The van der Waals surface area contributed by atoms with E-state index in [1.54, 1.807) is 10.9 Å². The topological polar surface area (TPSA) is 142 Å². The van der Waals surface area contributed by atoms with Gasteiger partial charge in [0, 0.05) is 5.41 Å². The average Bonchev–Trinajstić information content (AvgIpc) is 3.05. The maximum Gasteiger partial charge on any atom is 0.165 e. The summed E-state index contributed by atoms with van der Waals surface area (Å²) in [4.78, 5) is 12.4. The molecule has 4 rings (SSSR count). The van der Waals surface area contributed by atoms with E-state index in [2.05, 4.69) is 20.3 Å². The van der Waals surface area contributed by atoms with Gasteiger partial charge in [0.2, 0.25) is 0 Å². The highest BCUT2D eigenvalue weighted by Crippen LogP contribution is 2.53. The highest BCUT2D eigenvalue weighted by Gasteiger charge is 2.60. The largest absolute Gasteiger partial charge is 0.390 e. The summed E-state index contributed by atoms with van der Waals surface area (Å²) in [5.74, 6) is 0.265. The van der Waals surface area contributed by atoms with Crippen molar-refractivity contribution in [3.63, 3.8) is 0 Å². The number of aromatic nitrogens is 4. The Balaban J connectivity index is 1.88. The highest BCUT2D eigenvalue weighted by molar-refractivity contribution is 5.81. The predicted octanol–water partition coefficient (Wildman–Crippen LogP) is -1.58. The normalized spacial score (nSPS) is 33.5. The van der Waals surface area contributed by atoms with E-state index in [0.717, 1.165) is 13.1 Å². The molecule has 6 N–H and O–H groups in total. The van der Waals surface area contributed by atoms with Crippen molar-refractivity contribution in [2.75, 3.05) is 18.8 Å². The minimum absolute atomic E-state index is 0.265. The van der Waals surface area contributed by atoms with Crippen molar-refractivity contribution in [3.05, 3.63) is 12.7 Å². The smallest absolute Gasteiger partial charge is 0.165 e. The lowest BCUT2D eigenvalue weighted by atomic mass is 9.72. The second kappa shape index (κ2) is 5.10. The van der Waals surface area contributed by atoms with Crippen molar-refractivity contribution in [2.24, 2.45) is 5.41 Å². The molecule has 0 amide bonds. The Morgan fingerprint density at radius 2 is 1.87 bits per heavy atom. The van der Waals surface area contributed by atoms with E-state index >= 15 is 0 Å². The van der Waals surface area contributed by atoms with Gasteiger partial charge in [-0.3, -0.25) is 0 Å². The summed E-state index contributed by atoms with van der Waals surface area (Å²) in [5, 5.41) is 34.7. The first-order chi connectivity index (χ1) is 11.1. The summed E-state index contributed by atoms with van der Waals surface area (Å²) >= 11 is 0. The van der Waals surface area contributed by atoms with Gasteiger partial charge in [-0.05, 0) is 25.9 Å². The first-order valence-corrected chi connectivity index (χ1v) is 7.74. The number of aliphatic hydroxyl groups excluding tert-OH is 3.